The number of carboxylic acid groups (broad SMARTS) is 1. The minimum Gasteiger partial charge on any atom is -0.481 e. The summed E-state index contributed by atoms with van der Waals surface area (Å²) >= 11 is 1.38. The van der Waals surface area contributed by atoms with Gasteiger partial charge in [-0.3, -0.25) is 19.2 Å². The summed E-state index contributed by atoms with van der Waals surface area (Å²) in [5, 5.41) is 18.3. The summed E-state index contributed by atoms with van der Waals surface area (Å²) in [6.45, 7) is -0.0385. The summed E-state index contributed by atoms with van der Waals surface area (Å²) in [7, 11) is 0. The third kappa shape index (κ3) is 6.09. The number of fused-ring (bicyclic) bond motifs is 1. The first kappa shape index (κ1) is 25.4. The maximum absolute atomic E-state index is 13.6. The van der Waals surface area contributed by atoms with E-state index in [1.807, 2.05) is 60.7 Å². The third-order valence-electron chi connectivity index (χ3n) is 6.44. The molecule has 2 aromatic carbocycles. The number of hydrogen-bond acceptors (Lipinski definition) is 5. The lowest BCUT2D eigenvalue weighted by Crippen LogP contribution is -2.61. The molecule has 0 aliphatic heterocycles. The Morgan fingerprint density at radius 3 is 2.36 bits per heavy atom. The number of carbonyl (C=O) groups excluding carboxylic acids is 3. The van der Waals surface area contributed by atoms with Gasteiger partial charge in [0, 0.05) is 17.7 Å². The number of aliphatic carboxylic acids is 1. The van der Waals surface area contributed by atoms with Gasteiger partial charge in [0.25, 0.3) is 5.91 Å². The van der Waals surface area contributed by atoms with Crippen molar-refractivity contribution in [1.82, 2.24) is 16.0 Å². The zero-order chi connectivity index (χ0) is 25.5. The lowest BCUT2D eigenvalue weighted by Gasteiger charge is -2.31. The van der Waals surface area contributed by atoms with Crippen LogP contribution in [-0.2, 0) is 20.8 Å². The van der Waals surface area contributed by atoms with Crippen LogP contribution in [0.15, 0.2) is 60.7 Å². The van der Waals surface area contributed by atoms with Crippen molar-refractivity contribution in [1.29, 1.82) is 0 Å². The second kappa shape index (κ2) is 11.3. The van der Waals surface area contributed by atoms with Gasteiger partial charge in [-0.25, -0.2) is 0 Å². The molecule has 36 heavy (non-hydrogen) atoms. The van der Waals surface area contributed by atoms with E-state index in [-0.39, 0.29) is 25.3 Å². The van der Waals surface area contributed by atoms with Crippen LogP contribution in [-0.4, -0.2) is 46.9 Å². The summed E-state index contributed by atoms with van der Waals surface area (Å²) in [5.41, 5.74) is -0.255. The molecule has 3 amide bonds. The first-order valence-corrected chi connectivity index (χ1v) is 12.8. The molecule has 0 bridgehead atoms. The van der Waals surface area contributed by atoms with E-state index in [9.17, 15) is 19.2 Å². The molecule has 1 atom stereocenters. The van der Waals surface area contributed by atoms with Crippen LogP contribution in [0.4, 0.5) is 0 Å². The van der Waals surface area contributed by atoms with E-state index in [0.717, 1.165) is 28.5 Å². The molecule has 4 rings (SSSR count). The molecule has 4 N–H and O–H groups in total. The number of thiophene rings is 1. The molecule has 0 spiro atoms. The summed E-state index contributed by atoms with van der Waals surface area (Å²) in [5.74, 6) is -2.19. The maximum Gasteiger partial charge on any atom is 0.305 e. The largest absolute Gasteiger partial charge is 0.481 e. The Hall–Kier alpha value is -3.72. The molecular formula is C27H29N3O5S. The second-order valence-electron chi connectivity index (χ2n) is 9.04. The number of carboxylic acids is 1. The minimum atomic E-state index is -1.11. The Bertz CT molecular complexity index is 1220. The number of rotatable bonds is 10. The van der Waals surface area contributed by atoms with Crippen LogP contribution in [0.3, 0.4) is 0 Å². The van der Waals surface area contributed by atoms with Crippen molar-refractivity contribution in [3.63, 3.8) is 0 Å². The van der Waals surface area contributed by atoms with Crippen molar-refractivity contribution < 1.29 is 24.3 Å². The van der Waals surface area contributed by atoms with Gasteiger partial charge in [-0.2, -0.15) is 0 Å². The number of amides is 3. The molecule has 1 fully saturated rings. The first-order chi connectivity index (χ1) is 17.4. The molecule has 1 aliphatic rings. The van der Waals surface area contributed by atoms with E-state index >= 15 is 0 Å². The van der Waals surface area contributed by atoms with Gasteiger partial charge in [0.15, 0.2) is 0 Å². The first-order valence-electron chi connectivity index (χ1n) is 12.0. The fourth-order valence-electron chi connectivity index (χ4n) is 4.53. The molecular weight excluding hydrogens is 478 g/mol. The Labute approximate surface area is 213 Å². The maximum atomic E-state index is 13.6. The summed E-state index contributed by atoms with van der Waals surface area (Å²) in [6.07, 6.45) is 2.56. The zero-order valence-corrected chi connectivity index (χ0v) is 20.6. The summed E-state index contributed by atoms with van der Waals surface area (Å²) in [6, 6.07) is 17.9. The normalized spacial score (nSPS) is 15.2. The Kier molecular flexibility index (Phi) is 8.00. The smallest absolute Gasteiger partial charge is 0.305 e. The predicted molar refractivity (Wildman–Crippen MR) is 138 cm³/mol. The van der Waals surface area contributed by atoms with Crippen LogP contribution >= 0.6 is 11.3 Å². The highest BCUT2D eigenvalue weighted by atomic mass is 32.1. The van der Waals surface area contributed by atoms with Crippen molar-refractivity contribution in [3.8, 4) is 0 Å². The van der Waals surface area contributed by atoms with Gasteiger partial charge in [-0.05, 0) is 35.9 Å². The average molecular weight is 508 g/mol. The SMILES string of the molecule is O=C(O)CCNC(=O)C(Cc1ccccc1)NC(=O)C1(NC(=O)c2cc3ccccc3s2)CCCC1. The van der Waals surface area contributed by atoms with Crippen molar-refractivity contribution >= 4 is 45.1 Å². The van der Waals surface area contributed by atoms with Gasteiger partial charge in [0.05, 0.1) is 11.3 Å². The van der Waals surface area contributed by atoms with Crippen molar-refractivity contribution in [2.45, 2.75) is 50.1 Å². The molecule has 3 aromatic rings. The molecule has 8 nitrogen and oxygen atoms in total. The Morgan fingerprint density at radius 1 is 0.972 bits per heavy atom. The van der Waals surface area contributed by atoms with Crippen LogP contribution in [0.2, 0.25) is 0 Å². The molecule has 1 aromatic heterocycles. The molecule has 1 unspecified atom stereocenters. The average Bonchev–Trinajstić information content (AvgIpc) is 3.52. The quantitative estimate of drug-likeness (QED) is 0.335. The molecule has 9 heteroatoms. The fourth-order valence-corrected chi connectivity index (χ4v) is 5.49. The van der Waals surface area contributed by atoms with Crippen molar-refractivity contribution in [3.05, 3.63) is 71.1 Å². The topological polar surface area (TPSA) is 125 Å². The molecule has 188 valence electrons. The van der Waals surface area contributed by atoms with Crippen molar-refractivity contribution in [2.75, 3.05) is 6.54 Å². The van der Waals surface area contributed by atoms with Crippen LogP contribution in [0.1, 0.15) is 47.3 Å². The lowest BCUT2D eigenvalue weighted by atomic mass is 9.94. The second-order valence-corrected chi connectivity index (χ2v) is 10.1. The van der Waals surface area contributed by atoms with Crippen LogP contribution in [0.5, 0.6) is 0 Å². The van der Waals surface area contributed by atoms with Gasteiger partial charge >= 0.3 is 5.97 Å². The zero-order valence-electron chi connectivity index (χ0n) is 19.8. The highest BCUT2D eigenvalue weighted by Gasteiger charge is 2.44. The van der Waals surface area contributed by atoms with Gasteiger partial charge in [-0.15, -0.1) is 11.3 Å². The highest BCUT2D eigenvalue weighted by Crippen LogP contribution is 2.32. The van der Waals surface area contributed by atoms with E-state index in [0.29, 0.717) is 17.7 Å². The molecule has 1 aliphatic carbocycles. The van der Waals surface area contributed by atoms with E-state index in [1.54, 1.807) is 0 Å². The van der Waals surface area contributed by atoms with Crippen LogP contribution in [0, 0.1) is 0 Å². The van der Waals surface area contributed by atoms with E-state index in [2.05, 4.69) is 16.0 Å². The van der Waals surface area contributed by atoms with Crippen LogP contribution in [0.25, 0.3) is 10.1 Å². The van der Waals surface area contributed by atoms with E-state index in [4.69, 9.17) is 5.11 Å². The molecule has 0 saturated heterocycles. The third-order valence-corrected chi connectivity index (χ3v) is 7.55. The number of nitrogens with one attached hydrogen (secondary N) is 3. The molecule has 1 saturated carbocycles. The fraction of sp³-hybridized carbons (Fsp3) is 0.333. The highest BCUT2D eigenvalue weighted by molar-refractivity contribution is 7.20. The van der Waals surface area contributed by atoms with Crippen molar-refractivity contribution in [2.24, 2.45) is 0 Å². The lowest BCUT2D eigenvalue weighted by molar-refractivity contribution is -0.137. The standard InChI is InChI=1S/C27H29N3O5S/c31-23(32)12-15-28-24(33)20(16-18-8-2-1-3-9-18)29-26(35)27(13-6-7-14-27)30-25(34)22-17-19-10-4-5-11-21(19)36-22/h1-5,8-11,17,20H,6-7,12-16H2,(H,28,33)(H,29,35)(H,30,34)(H,31,32). The van der Waals surface area contributed by atoms with Gasteiger partial charge in [0.1, 0.15) is 11.6 Å². The van der Waals surface area contributed by atoms with Gasteiger partial charge in [0.2, 0.25) is 11.8 Å². The van der Waals surface area contributed by atoms with E-state index in [1.165, 1.54) is 11.3 Å². The Morgan fingerprint density at radius 2 is 1.67 bits per heavy atom. The number of hydrogen-bond donors (Lipinski definition) is 4. The Balaban J connectivity index is 1.51. The number of carbonyl (C=O) groups is 4. The van der Waals surface area contributed by atoms with E-state index < -0.39 is 29.4 Å². The van der Waals surface area contributed by atoms with Gasteiger partial charge in [-0.1, -0.05) is 61.4 Å². The van der Waals surface area contributed by atoms with Gasteiger partial charge < -0.3 is 21.1 Å². The molecule has 1 heterocycles. The predicted octanol–water partition coefficient (Wildman–Crippen LogP) is 3.26. The number of benzene rings is 2. The summed E-state index contributed by atoms with van der Waals surface area (Å²) < 4.78 is 0.994. The summed E-state index contributed by atoms with van der Waals surface area (Å²) in [4.78, 5) is 51.1. The van der Waals surface area contributed by atoms with Crippen LogP contribution < -0.4 is 16.0 Å². The molecule has 0 radical (unpaired) electrons. The monoisotopic (exact) mass is 507 g/mol. The minimum absolute atomic E-state index is 0.0385.